The van der Waals surface area contributed by atoms with Crippen molar-refractivity contribution in [2.24, 2.45) is 11.7 Å². The quantitative estimate of drug-likeness (QED) is 0.871. The summed E-state index contributed by atoms with van der Waals surface area (Å²) in [5, 5.41) is 0. The van der Waals surface area contributed by atoms with Crippen molar-refractivity contribution in [1.29, 1.82) is 0 Å². The van der Waals surface area contributed by atoms with Crippen molar-refractivity contribution in [1.82, 2.24) is 0 Å². The van der Waals surface area contributed by atoms with Crippen molar-refractivity contribution in [2.45, 2.75) is 32.3 Å². The summed E-state index contributed by atoms with van der Waals surface area (Å²) >= 11 is 0. The molecule has 0 radical (unpaired) electrons. The zero-order chi connectivity index (χ0) is 13.2. The molecule has 0 spiro atoms. The first-order chi connectivity index (χ1) is 8.58. The summed E-state index contributed by atoms with van der Waals surface area (Å²) in [5.41, 5.74) is 7.23. The molecule has 1 fully saturated rings. The lowest BCUT2D eigenvalue weighted by atomic mass is 9.69. The summed E-state index contributed by atoms with van der Waals surface area (Å²) < 4.78 is 11.1. The van der Waals surface area contributed by atoms with E-state index in [0.717, 1.165) is 19.0 Å². The fraction of sp³-hybridized carbons (Fsp3) is 0.600. The SMILES string of the molecule is CC(C)Oc1ccc(C2(C(C)CN)COC2)cc1. The van der Waals surface area contributed by atoms with E-state index in [9.17, 15) is 0 Å². The van der Waals surface area contributed by atoms with Crippen LogP contribution in [0.5, 0.6) is 5.75 Å². The molecule has 18 heavy (non-hydrogen) atoms. The molecule has 1 unspecified atom stereocenters. The number of rotatable bonds is 5. The Kier molecular flexibility index (Phi) is 3.93. The van der Waals surface area contributed by atoms with Gasteiger partial charge in [0, 0.05) is 5.41 Å². The van der Waals surface area contributed by atoms with Crippen molar-refractivity contribution in [3.05, 3.63) is 29.8 Å². The number of hydrogen-bond acceptors (Lipinski definition) is 3. The topological polar surface area (TPSA) is 44.5 Å². The van der Waals surface area contributed by atoms with Gasteiger partial charge in [0.2, 0.25) is 0 Å². The lowest BCUT2D eigenvalue weighted by molar-refractivity contribution is -0.0854. The van der Waals surface area contributed by atoms with E-state index in [1.807, 2.05) is 26.0 Å². The smallest absolute Gasteiger partial charge is 0.119 e. The molecule has 3 nitrogen and oxygen atoms in total. The number of nitrogens with two attached hydrogens (primary N) is 1. The highest BCUT2D eigenvalue weighted by atomic mass is 16.5. The fourth-order valence-corrected chi connectivity index (χ4v) is 2.42. The first kappa shape index (κ1) is 13.4. The fourth-order valence-electron chi connectivity index (χ4n) is 2.42. The first-order valence-corrected chi connectivity index (χ1v) is 6.63. The summed E-state index contributed by atoms with van der Waals surface area (Å²) in [7, 11) is 0. The molecular weight excluding hydrogens is 226 g/mol. The molecule has 2 N–H and O–H groups in total. The van der Waals surface area contributed by atoms with Crippen molar-refractivity contribution in [3.8, 4) is 5.75 Å². The van der Waals surface area contributed by atoms with Crippen LogP contribution >= 0.6 is 0 Å². The summed E-state index contributed by atoms with van der Waals surface area (Å²) in [6, 6.07) is 8.37. The Bertz CT molecular complexity index is 382. The number of ether oxygens (including phenoxy) is 2. The van der Waals surface area contributed by atoms with E-state index in [4.69, 9.17) is 15.2 Å². The summed E-state index contributed by atoms with van der Waals surface area (Å²) in [4.78, 5) is 0. The van der Waals surface area contributed by atoms with Crippen LogP contribution in [0.1, 0.15) is 26.3 Å². The van der Waals surface area contributed by atoms with Crippen LogP contribution in [-0.2, 0) is 10.2 Å². The van der Waals surface area contributed by atoms with Gasteiger partial charge in [-0.15, -0.1) is 0 Å². The Morgan fingerprint density at radius 2 is 1.83 bits per heavy atom. The molecular formula is C15H23NO2. The standard InChI is InChI=1S/C15H23NO2/c1-11(2)18-14-6-4-13(5-7-14)15(9-17-10-15)12(3)8-16/h4-7,11-12H,8-10,16H2,1-3H3. The third kappa shape index (κ3) is 2.38. The molecule has 3 heteroatoms. The second-order valence-corrected chi connectivity index (χ2v) is 5.48. The van der Waals surface area contributed by atoms with Crippen LogP contribution in [0.25, 0.3) is 0 Å². The molecule has 0 bridgehead atoms. The van der Waals surface area contributed by atoms with Crippen LogP contribution in [0.3, 0.4) is 0 Å². The Hall–Kier alpha value is -1.06. The molecule has 0 amide bonds. The van der Waals surface area contributed by atoms with Crippen LogP contribution < -0.4 is 10.5 Å². The molecule has 1 aromatic rings. The molecule has 2 rings (SSSR count). The minimum atomic E-state index is 0.102. The van der Waals surface area contributed by atoms with Gasteiger partial charge in [0.25, 0.3) is 0 Å². The van der Waals surface area contributed by atoms with Gasteiger partial charge in [-0.3, -0.25) is 0 Å². The third-order valence-corrected chi connectivity index (χ3v) is 3.82. The largest absolute Gasteiger partial charge is 0.491 e. The van der Waals surface area contributed by atoms with E-state index in [0.29, 0.717) is 12.5 Å². The Morgan fingerprint density at radius 1 is 1.22 bits per heavy atom. The van der Waals surface area contributed by atoms with E-state index >= 15 is 0 Å². The Morgan fingerprint density at radius 3 is 2.22 bits per heavy atom. The summed E-state index contributed by atoms with van der Waals surface area (Å²) in [5.74, 6) is 1.35. The van der Waals surface area contributed by atoms with Crippen molar-refractivity contribution in [3.63, 3.8) is 0 Å². The molecule has 0 aliphatic carbocycles. The maximum Gasteiger partial charge on any atom is 0.119 e. The van der Waals surface area contributed by atoms with Crippen LogP contribution in [0.4, 0.5) is 0 Å². The maximum absolute atomic E-state index is 5.82. The molecule has 1 heterocycles. The van der Waals surface area contributed by atoms with Gasteiger partial charge in [-0.25, -0.2) is 0 Å². The van der Waals surface area contributed by atoms with Gasteiger partial charge >= 0.3 is 0 Å². The van der Waals surface area contributed by atoms with E-state index in [1.54, 1.807) is 0 Å². The predicted molar refractivity (Wildman–Crippen MR) is 72.9 cm³/mol. The highest BCUT2D eigenvalue weighted by Crippen LogP contribution is 2.39. The van der Waals surface area contributed by atoms with E-state index in [-0.39, 0.29) is 11.5 Å². The average Bonchev–Trinajstić information content (AvgIpc) is 2.29. The Labute approximate surface area is 109 Å². The second-order valence-electron chi connectivity index (χ2n) is 5.48. The summed E-state index contributed by atoms with van der Waals surface area (Å²) in [6.07, 6.45) is 0.208. The number of benzene rings is 1. The third-order valence-electron chi connectivity index (χ3n) is 3.82. The van der Waals surface area contributed by atoms with Crippen LogP contribution in [0.15, 0.2) is 24.3 Å². The van der Waals surface area contributed by atoms with Gasteiger partial charge in [0.05, 0.1) is 19.3 Å². The van der Waals surface area contributed by atoms with Crippen LogP contribution in [0.2, 0.25) is 0 Å². The lowest BCUT2D eigenvalue weighted by Crippen LogP contribution is -2.53. The lowest BCUT2D eigenvalue weighted by Gasteiger charge is -2.46. The minimum Gasteiger partial charge on any atom is -0.491 e. The van der Waals surface area contributed by atoms with Crippen molar-refractivity contribution >= 4 is 0 Å². The molecule has 1 saturated heterocycles. The van der Waals surface area contributed by atoms with Gasteiger partial charge in [-0.1, -0.05) is 19.1 Å². The van der Waals surface area contributed by atoms with Crippen molar-refractivity contribution in [2.75, 3.05) is 19.8 Å². The molecule has 1 atom stereocenters. The normalized spacial score (nSPS) is 19.4. The first-order valence-electron chi connectivity index (χ1n) is 6.63. The molecule has 0 saturated carbocycles. The van der Waals surface area contributed by atoms with Crippen LogP contribution in [-0.4, -0.2) is 25.9 Å². The van der Waals surface area contributed by atoms with Gasteiger partial charge in [0.15, 0.2) is 0 Å². The zero-order valence-electron chi connectivity index (χ0n) is 11.5. The molecule has 1 aliphatic heterocycles. The zero-order valence-corrected chi connectivity index (χ0v) is 11.5. The van der Waals surface area contributed by atoms with Gasteiger partial charge < -0.3 is 15.2 Å². The van der Waals surface area contributed by atoms with E-state index in [1.165, 1.54) is 5.56 Å². The Balaban J connectivity index is 2.17. The molecule has 100 valence electrons. The van der Waals surface area contributed by atoms with Crippen molar-refractivity contribution < 1.29 is 9.47 Å². The molecule has 1 aromatic carbocycles. The molecule has 0 aromatic heterocycles. The predicted octanol–water partition coefficient (Wildman–Crippen LogP) is 2.34. The highest BCUT2D eigenvalue weighted by Gasteiger charge is 2.44. The van der Waals surface area contributed by atoms with Gasteiger partial charge in [-0.2, -0.15) is 0 Å². The second kappa shape index (κ2) is 5.29. The van der Waals surface area contributed by atoms with Crippen LogP contribution in [0, 0.1) is 5.92 Å². The maximum atomic E-state index is 5.82. The van der Waals surface area contributed by atoms with Gasteiger partial charge in [0.1, 0.15) is 5.75 Å². The number of hydrogen-bond donors (Lipinski definition) is 1. The minimum absolute atomic E-state index is 0.102. The monoisotopic (exact) mass is 249 g/mol. The average molecular weight is 249 g/mol. The summed E-state index contributed by atoms with van der Waals surface area (Å²) in [6.45, 7) is 8.50. The van der Waals surface area contributed by atoms with E-state index < -0.39 is 0 Å². The van der Waals surface area contributed by atoms with E-state index in [2.05, 4.69) is 19.1 Å². The highest BCUT2D eigenvalue weighted by molar-refractivity contribution is 5.35. The van der Waals surface area contributed by atoms with Gasteiger partial charge in [-0.05, 0) is 44.0 Å². The molecule has 1 aliphatic rings.